The monoisotopic (exact) mass is 673 g/mol. The van der Waals surface area contributed by atoms with Crippen molar-refractivity contribution in [3.8, 4) is 0 Å². The average molecular weight is 674 g/mol. The number of esters is 1. The number of aliphatic carboxylic acids is 1. The Morgan fingerprint density at radius 1 is 1.00 bits per heavy atom. The van der Waals surface area contributed by atoms with E-state index in [1.54, 1.807) is 60.7 Å². The molecule has 3 amide bonds. The van der Waals surface area contributed by atoms with Crippen LogP contribution in [0.4, 0.5) is 0 Å². The number of hydrogen-bond acceptors (Lipinski definition) is 8. The topological polar surface area (TPSA) is 159 Å². The molecule has 0 bridgehead atoms. The van der Waals surface area contributed by atoms with Crippen molar-refractivity contribution in [2.45, 2.75) is 24.4 Å². The Labute approximate surface area is 278 Å². The molecule has 3 atom stereocenters. The number of carbonyl (C=O) groups excluding carboxylic acids is 5. The number of nitrogens with one attached hydrogen (secondary N) is 2. The van der Waals surface area contributed by atoms with Crippen LogP contribution in [0.15, 0.2) is 96.2 Å². The molecule has 2 aliphatic rings. The third-order valence-electron chi connectivity index (χ3n) is 7.42. The number of halogens is 1. The molecule has 0 aromatic heterocycles. The lowest BCUT2D eigenvalue weighted by atomic mass is 10.0. The van der Waals surface area contributed by atoms with Crippen molar-refractivity contribution < 1.29 is 38.6 Å². The number of ketones is 1. The summed E-state index contributed by atoms with van der Waals surface area (Å²) in [5, 5.41) is 15.0. The molecule has 5 rings (SSSR count). The smallest absolute Gasteiger partial charge is 0.352 e. The Hall–Kier alpha value is -5.20. The number of ether oxygens (including phenoxy) is 1. The predicted molar refractivity (Wildman–Crippen MR) is 174 cm³/mol. The third-order valence-corrected chi connectivity index (χ3v) is 9.10. The number of allylic oxidation sites excluding steroid dienone is 1. The van der Waals surface area contributed by atoms with Crippen molar-refractivity contribution in [1.29, 1.82) is 0 Å². The number of rotatable bonds is 11. The highest BCUT2D eigenvalue weighted by atomic mass is 35.5. The van der Waals surface area contributed by atoms with Crippen molar-refractivity contribution in [2.24, 2.45) is 0 Å². The van der Waals surface area contributed by atoms with Gasteiger partial charge in [-0.1, -0.05) is 72.3 Å². The fourth-order valence-electron chi connectivity index (χ4n) is 5.04. The van der Waals surface area contributed by atoms with E-state index < -0.39 is 47.1 Å². The lowest BCUT2D eigenvalue weighted by Crippen LogP contribution is -2.71. The highest BCUT2D eigenvalue weighted by Crippen LogP contribution is 2.40. The minimum absolute atomic E-state index is 0.170. The van der Waals surface area contributed by atoms with Crippen molar-refractivity contribution >= 4 is 64.9 Å². The molecule has 0 spiro atoms. The Morgan fingerprint density at radius 3 is 2.32 bits per heavy atom. The normalized spacial score (nSPS) is 17.7. The van der Waals surface area contributed by atoms with E-state index in [2.05, 4.69) is 10.6 Å². The highest BCUT2D eigenvalue weighted by Gasteiger charge is 2.54. The molecule has 3 aromatic carbocycles. The van der Waals surface area contributed by atoms with Crippen LogP contribution in [0.2, 0.25) is 5.02 Å². The number of nitrogens with zero attached hydrogens (tertiary/aromatic N) is 1. The van der Waals surface area contributed by atoms with E-state index in [1.807, 2.05) is 0 Å². The second-order valence-corrected chi connectivity index (χ2v) is 12.1. The first-order valence-corrected chi connectivity index (χ1v) is 15.7. The van der Waals surface area contributed by atoms with E-state index in [0.717, 1.165) is 4.90 Å². The van der Waals surface area contributed by atoms with Gasteiger partial charge >= 0.3 is 11.9 Å². The number of carboxylic acids is 1. The molecule has 1 fully saturated rings. The molecule has 3 aromatic rings. The summed E-state index contributed by atoms with van der Waals surface area (Å²) in [4.78, 5) is 77.1. The van der Waals surface area contributed by atoms with Crippen LogP contribution in [0.3, 0.4) is 0 Å². The molecule has 0 aliphatic carbocycles. The molecular formula is C34H28ClN3O8S. The molecule has 2 aliphatic heterocycles. The number of β-lactam (4-membered cyclic amide) rings is 1. The summed E-state index contributed by atoms with van der Waals surface area (Å²) in [6.45, 7) is 0.925. The molecule has 3 N–H and O–H groups in total. The summed E-state index contributed by atoms with van der Waals surface area (Å²) in [5.74, 6) is -3.98. The SMILES string of the molecule is CC(=O)OCC1=C(C(=O)O)N2C(=O)[C@@H](NC(=O)C(NC(=O)c3ccc(C(=O)C=Cc4ccccc4Cl)cc3)c3ccccc3)[C@H]2SC1. The molecule has 11 nitrogen and oxygen atoms in total. The van der Waals surface area contributed by atoms with Crippen molar-refractivity contribution in [3.63, 3.8) is 0 Å². The quantitative estimate of drug-likeness (QED) is 0.118. The average Bonchev–Trinajstić information content (AvgIpc) is 3.07. The summed E-state index contributed by atoms with van der Waals surface area (Å²) >= 11 is 7.37. The lowest BCUT2D eigenvalue weighted by molar-refractivity contribution is -0.151. The minimum Gasteiger partial charge on any atom is -0.477 e. The van der Waals surface area contributed by atoms with Crippen LogP contribution in [0.25, 0.3) is 6.08 Å². The largest absolute Gasteiger partial charge is 0.477 e. The summed E-state index contributed by atoms with van der Waals surface area (Å²) in [6.07, 6.45) is 2.99. The second kappa shape index (κ2) is 14.5. The fraction of sp³-hybridized carbons (Fsp3) is 0.176. The molecule has 1 saturated heterocycles. The number of amides is 3. The van der Waals surface area contributed by atoms with E-state index in [0.29, 0.717) is 21.7 Å². The van der Waals surface area contributed by atoms with E-state index in [-0.39, 0.29) is 35.0 Å². The number of fused-ring (bicyclic) bond motifs is 1. The maximum Gasteiger partial charge on any atom is 0.352 e. The van der Waals surface area contributed by atoms with Crippen LogP contribution in [0, 0.1) is 0 Å². The maximum absolute atomic E-state index is 13.6. The van der Waals surface area contributed by atoms with Gasteiger partial charge in [-0.15, -0.1) is 11.8 Å². The first-order chi connectivity index (χ1) is 22.5. The second-order valence-electron chi connectivity index (χ2n) is 10.5. The number of benzene rings is 3. The molecule has 0 saturated carbocycles. The minimum atomic E-state index is -1.35. The number of carboxylic acid groups (broad SMARTS) is 1. The van der Waals surface area contributed by atoms with Crippen LogP contribution in [0.5, 0.6) is 0 Å². The third kappa shape index (κ3) is 7.45. The summed E-state index contributed by atoms with van der Waals surface area (Å²) in [6, 6.07) is 19.2. The zero-order valence-electron chi connectivity index (χ0n) is 24.8. The molecule has 47 heavy (non-hydrogen) atoms. The predicted octanol–water partition coefficient (Wildman–Crippen LogP) is 4.01. The number of hydrogen-bond donors (Lipinski definition) is 3. The van der Waals surface area contributed by atoms with Gasteiger partial charge in [-0.25, -0.2) is 4.79 Å². The van der Waals surface area contributed by atoms with Crippen LogP contribution in [-0.4, -0.2) is 69.2 Å². The Morgan fingerprint density at radius 2 is 1.66 bits per heavy atom. The summed E-state index contributed by atoms with van der Waals surface area (Å²) in [5.41, 5.74) is 1.65. The van der Waals surface area contributed by atoms with Gasteiger partial charge in [-0.2, -0.15) is 0 Å². The highest BCUT2D eigenvalue weighted by molar-refractivity contribution is 8.00. The van der Waals surface area contributed by atoms with Crippen LogP contribution >= 0.6 is 23.4 Å². The molecule has 1 unspecified atom stereocenters. The molecule has 0 radical (unpaired) electrons. The molecular weight excluding hydrogens is 646 g/mol. The van der Waals surface area contributed by atoms with Gasteiger partial charge in [0.1, 0.15) is 29.8 Å². The van der Waals surface area contributed by atoms with Crippen LogP contribution in [0.1, 0.15) is 44.8 Å². The van der Waals surface area contributed by atoms with Crippen LogP contribution < -0.4 is 10.6 Å². The van der Waals surface area contributed by atoms with Gasteiger partial charge in [0, 0.05) is 34.4 Å². The zero-order valence-corrected chi connectivity index (χ0v) is 26.4. The zero-order chi connectivity index (χ0) is 33.7. The van der Waals surface area contributed by atoms with Crippen molar-refractivity contribution in [2.75, 3.05) is 12.4 Å². The van der Waals surface area contributed by atoms with Crippen LogP contribution in [-0.2, 0) is 23.9 Å². The van der Waals surface area contributed by atoms with Gasteiger partial charge in [0.25, 0.3) is 11.8 Å². The molecule has 2 heterocycles. The van der Waals surface area contributed by atoms with E-state index in [4.69, 9.17) is 16.3 Å². The van der Waals surface area contributed by atoms with Gasteiger partial charge in [-0.05, 0) is 41.5 Å². The van der Waals surface area contributed by atoms with Gasteiger partial charge in [0.05, 0.1) is 0 Å². The Bertz CT molecular complexity index is 1810. The first-order valence-electron chi connectivity index (χ1n) is 14.3. The Balaban J connectivity index is 1.28. The van der Waals surface area contributed by atoms with Crippen molar-refractivity contribution in [3.05, 3.63) is 123 Å². The standard InChI is InChI=1S/C34H28ClN3O8S/c1-19(39)46-17-24-18-47-33-28(32(43)38(33)29(24)34(44)45)37-31(42)27(22-8-3-2-4-9-22)36-30(41)23-13-11-21(12-14-23)26(40)16-15-20-7-5-6-10-25(20)35/h2-16,27-28,33H,17-18H2,1H3,(H,36,41)(H,37,42)(H,44,45)/t27?,28-,33-/m1/s1. The summed E-state index contributed by atoms with van der Waals surface area (Å²) in [7, 11) is 0. The van der Waals surface area contributed by atoms with E-state index in [1.165, 1.54) is 49.0 Å². The molecule has 240 valence electrons. The maximum atomic E-state index is 13.6. The number of thioether (sulfide) groups is 1. The van der Waals surface area contributed by atoms with Gasteiger partial charge in [0.15, 0.2) is 5.78 Å². The van der Waals surface area contributed by atoms with Gasteiger partial charge < -0.3 is 20.5 Å². The van der Waals surface area contributed by atoms with E-state index >= 15 is 0 Å². The lowest BCUT2D eigenvalue weighted by Gasteiger charge is -2.49. The first kappa shape index (κ1) is 33.2. The van der Waals surface area contributed by atoms with Crippen molar-refractivity contribution in [1.82, 2.24) is 15.5 Å². The Kier molecular flexibility index (Phi) is 10.2. The molecule has 13 heteroatoms. The summed E-state index contributed by atoms with van der Waals surface area (Å²) < 4.78 is 4.95. The van der Waals surface area contributed by atoms with E-state index in [9.17, 15) is 33.9 Å². The number of carbonyl (C=O) groups is 6. The fourth-order valence-corrected chi connectivity index (χ4v) is 6.56. The van der Waals surface area contributed by atoms with Gasteiger partial charge in [0.2, 0.25) is 5.91 Å². The van der Waals surface area contributed by atoms with Gasteiger partial charge in [-0.3, -0.25) is 28.9 Å².